The van der Waals surface area contributed by atoms with Gasteiger partial charge in [0.1, 0.15) is 0 Å². The van der Waals surface area contributed by atoms with Crippen LogP contribution in [-0.2, 0) is 6.54 Å². The molecule has 0 amide bonds. The second-order valence-corrected chi connectivity index (χ2v) is 5.03. The van der Waals surface area contributed by atoms with Crippen LogP contribution >= 0.6 is 22.6 Å². The van der Waals surface area contributed by atoms with Crippen LogP contribution < -0.4 is 5.73 Å². The van der Waals surface area contributed by atoms with Crippen molar-refractivity contribution in [2.45, 2.75) is 26.4 Å². The molecule has 0 heterocycles. The highest BCUT2D eigenvalue weighted by Gasteiger charge is 2.05. The number of hydrogen-bond acceptors (Lipinski definition) is 2. The van der Waals surface area contributed by atoms with Gasteiger partial charge < -0.3 is 5.73 Å². The average Bonchev–Trinajstić information content (AvgIpc) is 2.11. The molecule has 3 heteroatoms. The van der Waals surface area contributed by atoms with E-state index in [1.54, 1.807) is 0 Å². The molecule has 78 valence electrons. The quantitative estimate of drug-likeness (QED) is 0.687. The maximum Gasteiger partial charge on any atom is 0.0449 e. The zero-order chi connectivity index (χ0) is 10.7. The normalized spacial score (nSPS) is 11.3. The highest BCUT2D eigenvalue weighted by Crippen LogP contribution is 2.17. The van der Waals surface area contributed by atoms with Crippen molar-refractivity contribution in [3.63, 3.8) is 0 Å². The minimum Gasteiger partial charge on any atom is -0.398 e. The first-order valence-electron chi connectivity index (χ1n) is 4.75. The molecule has 14 heavy (non-hydrogen) atoms. The number of benzene rings is 1. The van der Waals surface area contributed by atoms with E-state index < -0.39 is 0 Å². The van der Waals surface area contributed by atoms with E-state index in [4.69, 9.17) is 5.73 Å². The fourth-order valence-electron chi connectivity index (χ4n) is 1.14. The van der Waals surface area contributed by atoms with Crippen molar-refractivity contribution < 1.29 is 0 Å². The van der Waals surface area contributed by atoms with Crippen LogP contribution in [0.5, 0.6) is 0 Å². The second-order valence-electron chi connectivity index (χ2n) is 3.86. The monoisotopic (exact) mass is 304 g/mol. The van der Waals surface area contributed by atoms with Gasteiger partial charge in [0.05, 0.1) is 0 Å². The van der Waals surface area contributed by atoms with Crippen molar-refractivity contribution in [2.75, 3.05) is 12.8 Å². The predicted molar refractivity (Wildman–Crippen MR) is 70.2 cm³/mol. The summed E-state index contributed by atoms with van der Waals surface area (Å²) in [7, 11) is 2.13. The lowest BCUT2D eigenvalue weighted by Crippen LogP contribution is -2.25. The molecular weight excluding hydrogens is 287 g/mol. The Hall–Kier alpha value is -0.290. The van der Waals surface area contributed by atoms with Gasteiger partial charge in [-0.3, -0.25) is 4.90 Å². The predicted octanol–water partition coefficient (Wildman–Crippen LogP) is 2.71. The lowest BCUT2D eigenvalue weighted by atomic mass is 10.2. The van der Waals surface area contributed by atoms with Gasteiger partial charge in [-0.1, -0.05) is 6.07 Å². The standard InChI is InChI=1S/C11H17IN2/c1-8(2)14(3)7-9-4-5-11(13)10(12)6-9/h4-6,8H,7,13H2,1-3H3. The molecule has 1 aromatic rings. The number of anilines is 1. The summed E-state index contributed by atoms with van der Waals surface area (Å²) in [5.74, 6) is 0. The summed E-state index contributed by atoms with van der Waals surface area (Å²) >= 11 is 2.27. The number of nitrogen functional groups attached to an aromatic ring is 1. The Labute approximate surface area is 99.6 Å². The van der Waals surface area contributed by atoms with Gasteiger partial charge in [0, 0.05) is 21.8 Å². The van der Waals surface area contributed by atoms with E-state index in [2.05, 4.69) is 60.5 Å². The summed E-state index contributed by atoms with van der Waals surface area (Å²) in [5, 5.41) is 0. The molecule has 0 aliphatic carbocycles. The summed E-state index contributed by atoms with van der Waals surface area (Å²) in [5.41, 5.74) is 7.94. The van der Waals surface area contributed by atoms with Crippen LogP contribution in [0, 0.1) is 3.57 Å². The van der Waals surface area contributed by atoms with Crippen LogP contribution in [0.1, 0.15) is 19.4 Å². The van der Waals surface area contributed by atoms with Gasteiger partial charge in [0.2, 0.25) is 0 Å². The van der Waals surface area contributed by atoms with Crippen LogP contribution in [0.3, 0.4) is 0 Å². The maximum absolute atomic E-state index is 5.76. The lowest BCUT2D eigenvalue weighted by Gasteiger charge is -2.21. The van der Waals surface area contributed by atoms with E-state index in [1.165, 1.54) is 5.56 Å². The van der Waals surface area contributed by atoms with E-state index in [0.29, 0.717) is 6.04 Å². The molecule has 0 bridgehead atoms. The Bertz CT molecular complexity index is 310. The summed E-state index contributed by atoms with van der Waals surface area (Å²) in [4.78, 5) is 2.31. The van der Waals surface area contributed by atoms with E-state index in [-0.39, 0.29) is 0 Å². The zero-order valence-electron chi connectivity index (χ0n) is 8.92. The summed E-state index contributed by atoms with van der Waals surface area (Å²) < 4.78 is 1.14. The highest BCUT2D eigenvalue weighted by atomic mass is 127. The van der Waals surface area contributed by atoms with Crippen molar-refractivity contribution in [1.29, 1.82) is 0 Å². The molecule has 0 aliphatic rings. The van der Waals surface area contributed by atoms with Gasteiger partial charge in [-0.2, -0.15) is 0 Å². The molecule has 2 N–H and O–H groups in total. The minimum absolute atomic E-state index is 0.574. The Balaban J connectivity index is 2.73. The van der Waals surface area contributed by atoms with Gasteiger partial charge in [0.25, 0.3) is 0 Å². The Morgan fingerprint density at radius 3 is 2.57 bits per heavy atom. The van der Waals surface area contributed by atoms with E-state index in [9.17, 15) is 0 Å². The molecule has 0 aliphatic heterocycles. The highest BCUT2D eigenvalue weighted by molar-refractivity contribution is 14.1. The molecule has 0 radical (unpaired) electrons. The molecule has 1 rings (SSSR count). The number of rotatable bonds is 3. The molecule has 0 fully saturated rings. The largest absolute Gasteiger partial charge is 0.398 e. The fraction of sp³-hybridized carbons (Fsp3) is 0.455. The number of hydrogen-bond donors (Lipinski definition) is 1. The van der Waals surface area contributed by atoms with Gasteiger partial charge in [-0.15, -0.1) is 0 Å². The first kappa shape index (κ1) is 11.8. The molecular formula is C11H17IN2. The van der Waals surface area contributed by atoms with E-state index in [1.807, 2.05) is 6.07 Å². The van der Waals surface area contributed by atoms with Crippen molar-refractivity contribution in [1.82, 2.24) is 4.90 Å². The first-order valence-corrected chi connectivity index (χ1v) is 5.82. The molecule has 0 atom stereocenters. The van der Waals surface area contributed by atoms with E-state index in [0.717, 1.165) is 15.8 Å². The summed E-state index contributed by atoms with van der Waals surface area (Å²) in [6.45, 7) is 5.37. The average molecular weight is 304 g/mol. The molecule has 0 saturated carbocycles. The first-order chi connectivity index (χ1) is 6.50. The Kier molecular flexibility index (Phi) is 4.19. The van der Waals surface area contributed by atoms with Crippen LogP contribution in [-0.4, -0.2) is 18.0 Å². The maximum atomic E-state index is 5.76. The topological polar surface area (TPSA) is 29.3 Å². The van der Waals surface area contributed by atoms with Gasteiger partial charge in [0.15, 0.2) is 0 Å². The van der Waals surface area contributed by atoms with Gasteiger partial charge in [-0.05, 0) is 61.2 Å². The molecule has 0 spiro atoms. The minimum atomic E-state index is 0.574. The number of nitrogens with two attached hydrogens (primary N) is 1. The Morgan fingerprint density at radius 1 is 1.43 bits per heavy atom. The molecule has 0 aromatic heterocycles. The van der Waals surface area contributed by atoms with Gasteiger partial charge >= 0.3 is 0 Å². The second kappa shape index (κ2) is 4.98. The van der Waals surface area contributed by atoms with Crippen molar-refractivity contribution >= 4 is 28.3 Å². The SMILES string of the molecule is CC(C)N(C)Cc1ccc(N)c(I)c1. The van der Waals surface area contributed by atoms with Crippen LogP contribution in [0.25, 0.3) is 0 Å². The fourth-order valence-corrected chi connectivity index (χ4v) is 1.72. The summed E-state index contributed by atoms with van der Waals surface area (Å²) in [6, 6.07) is 6.79. The van der Waals surface area contributed by atoms with Crippen molar-refractivity contribution in [3.05, 3.63) is 27.3 Å². The number of nitrogens with zero attached hydrogens (tertiary/aromatic N) is 1. The lowest BCUT2D eigenvalue weighted by molar-refractivity contribution is 0.266. The van der Waals surface area contributed by atoms with E-state index >= 15 is 0 Å². The molecule has 2 nitrogen and oxygen atoms in total. The number of halogens is 1. The third-order valence-electron chi connectivity index (χ3n) is 2.38. The van der Waals surface area contributed by atoms with Crippen LogP contribution in [0.2, 0.25) is 0 Å². The van der Waals surface area contributed by atoms with Crippen molar-refractivity contribution in [2.24, 2.45) is 0 Å². The van der Waals surface area contributed by atoms with Crippen LogP contribution in [0.4, 0.5) is 5.69 Å². The summed E-state index contributed by atoms with van der Waals surface area (Å²) in [6.07, 6.45) is 0. The molecule has 0 unspecified atom stereocenters. The molecule has 1 aromatic carbocycles. The van der Waals surface area contributed by atoms with Gasteiger partial charge in [-0.25, -0.2) is 0 Å². The Morgan fingerprint density at radius 2 is 2.07 bits per heavy atom. The van der Waals surface area contributed by atoms with Crippen LogP contribution in [0.15, 0.2) is 18.2 Å². The third-order valence-corrected chi connectivity index (χ3v) is 3.31. The van der Waals surface area contributed by atoms with Crippen molar-refractivity contribution in [3.8, 4) is 0 Å². The molecule has 0 saturated heterocycles. The third kappa shape index (κ3) is 3.13. The zero-order valence-corrected chi connectivity index (χ0v) is 11.1. The smallest absolute Gasteiger partial charge is 0.0449 e.